The number of fused-ring (bicyclic) bond motifs is 1. The van der Waals surface area contributed by atoms with Crippen molar-refractivity contribution in [3.63, 3.8) is 0 Å². The number of sulfonamides is 1. The molecule has 0 spiro atoms. The van der Waals surface area contributed by atoms with Crippen LogP contribution in [0.3, 0.4) is 0 Å². The first-order chi connectivity index (χ1) is 10.1. The van der Waals surface area contributed by atoms with Crippen LogP contribution in [0.4, 0.5) is 0 Å². The average molecular weight is 364 g/mol. The number of nitrogens with one attached hydrogen (secondary N) is 1. The Morgan fingerprint density at radius 3 is 2.57 bits per heavy atom. The minimum atomic E-state index is -3.61. The first-order valence-corrected chi connectivity index (χ1v) is 8.28. The molecule has 0 atom stereocenters. The Bertz CT molecular complexity index is 843. The predicted octanol–water partition coefficient (Wildman–Crippen LogP) is 2.52. The average Bonchev–Trinajstić information content (AvgIpc) is 2.73. The van der Waals surface area contributed by atoms with Gasteiger partial charge in [-0.05, 0) is 29.8 Å². The second kappa shape index (κ2) is 5.42. The Balaban J connectivity index is 1.82. The van der Waals surface area contributed by atoms with Gasteiger partial charge in [0.2, 0.25) is 0 Å². The highest BCUT2D eigenvalue weighted by atomic mass is 79.9. The lowest BCUT2D eigenvalue weighted by atomic mass is 10.2. The minimum Gasteiger partial charge on any atom is -0.260 e. The topological polar surface area (TPSA) is 70.9 Å². The largest absolute Gasteiger partial charge is 0.285 e. The summed E-state index contributed by atoms with van der Waals surface area (Å²) >= 11 is 3.35. The van der Waals surface area contributed by atoms with Crippen molar-refractivity contribution in [2.45, 2.75) is 4.90 Å². The zero-order valence-electron chi connectivity index (χ0n) is 10.7. The Hall–Kier alpha value is -1.99. The van der Waals surface area contributed by atoms with Crippen LogP contribution in [0.25, 0.3) is 0 Å². The summed E-state index contributed by atoms with van der Waals surface area (Å²) in [6, 6.07) is 14.2. The number of nitrogens with zero attached hydrogens (tertiary/aromatic N) is 2. The van der Waals surface area contributed by atoms with E-state index in [4.69, 9.17) is 0 Å². The fourth-order valence-electron chi connectivity index (χ4n) is 1.90. The van der Waals surface area contributed by atoms with Gasteiger partial charge in [0, 0.05) is 10.0 Å². The molecule has 7 heteroatoms. The molecule has 3 rings (SSSR count). The molecule has 0 saturated heterocycles. The van der Waals surface area contributed by atoms with Gasteiger partial charge in [-0.2, -0.15) is 13.5 Å². The van der Waals surface area contributed by atoms with E-state index in [9.17, 15) is 8.42 Å². The van der Waals surface area contributed by atoms with Gasteiger partial charge in [0.05, 0.1) is 6.21 Å². The van der Waals surface area contributed by atoms with Crippen molar-refractivity contribution in [3.8, 4) is 0 Å². The van der Waals surface area contributed by atoms with Crippen LogP contribution < -0.4 is 5.43 Å². The third-order valence-electron chi connectivity index (χ3n) is 2.89. The quantitative estimate of drug-likeness (QED) is 0.658. The van der Waals surface area contributed by atoms with Crippen molar-refractivity contribution in [2.75, 3.05) is 0 Å². The maximum atomic E-state index is 11.8. The molecule has 0 saturated carbocycles. The molecule has 5 nitrogen and oxygen atoms in total. The molecule has 0 radical (unpaired) electrons. The summed E-state index contributed by atoms with van der Waals surface area (Å²) in [6.07, 6.45) is 1.60. The summed E-state index contributed by atoms with van der Waals surface area (Å²) in [4.78, 5) is 0.200. The van der Waals surface area contributed by atoms with Crippen molar-refractivity contribution < 1.29 is 8.42 Å². The third kappa shape index (κ3) is 2.88. The number of benzene rings is 2. The summed E-state index contributed by atoms with van der Waals surface area (Å²) < 4.78 is 28.4. The first kappa shape index (κ1) is 14.0. The highest BCUT2D eigenvalue weighted by Gasteiger charge is 2.27. The van der Waals surface area contributed by atoms with Crippen LogP contribution in [0.5, 0.6) is 0 Å². The number of amidine groups is 1. The van der Waals surface area contributed by atoms with Crippen LogP contribution >= 0.6 is 15.9 Å². The van der Waals surface area contributed by atoms with Crippen LogP contribution in [0.15, 0.2) is 67.4 Å². The van der Waals surface area contributed by atoms with Gasteiger partial charge in [0.25, 0.3) is 10.0 Å². The Morgan fingerprint density at radius 2 is 1.81 bits per heavy atom. The molecule has 1 aliphatic heterocycles. The highest BCUT2D eigenvalue weighted by molar-refractivity contribution is 9.10. The molecule has 0 aromatic heterocycles. The second-order valence-electron chi connectivity index (χ2n) is 4.33. The normalized spacial score (nSPS) is 15.8. The monoisotopic (exact) mass is 363 g/mol. The van der Waals surface area contributed by atoms with Crippen molar-refractivity contribution in [3.05, 3.63) is 64.1 Å². The molecule has 0 aliphatic carbocycles. The van der Waals surface area contributed by atoms with Crippen LogP contribution in [0, 0.1) is 0 Å². The fraction of sp³-hybridized carbons (Fsp3) is 0. The van der Waals surface area contributed by atoms with E-state index in [0.717, 1.165) is 10.0 Å². The van der Waals surface area contributed by atoms with E-state index in [1.54, 1.807) is 24.4 Å². The number of hydrazone groups is 1. The number of hydrogen-bond acceptors (Lipinski definition) is 4. The third-order valence-corrected chi connectivity index (χ3v) is 4.75. The summed E-state index contributed by atoms with van der Waals surface area (Å²) in [6.45, 7) is 0. The fourth-order valence-corrected chi connectivity index (χ4v) is 3.34. The van der Waals surface area contributed by atoms with Gasteiger partial charge in [0.1, 0.15) is 4.90 Å². The second-order valence-corrected chi connectivity index (χ2v) is 6.82. The molecule has 0 unspecified atom stereocenters. The van der Waals surface area contributed by atoms with Crippen LogP contribution in [0.1, 0.15) is 11.1 Å². The lowest BCUT2D eigenvalue weighted by Gasteiger charge is -2.00. The van der Waals surface area contributed by atoms with E-state index in [-0.39, 0.29) is 10.7 Å². The van der Waals surface area contributed by atoms with E-state index in [2.05, 4.69) is 30.9 Å². The van der Waals surface area contributed by atoms with E-state index in [0.29, 0.717) is 5.56 Å². The Labute approximate surface area is 130 Å². The molecule has 2 aromatic carbocycles. The molecule has 1 heterocycles. The Morgan fingerprint density at radius 1 is 1.10 bits per heavy atom. The summed E-state index contributed by atoms with van der Waals surface area (Å²) in [5.41, 5.74) is 4.11. The van der Waals surface area contributed by atoms with E-state index >= 15 is 0 Å². The van der Waals surface area contributed by atoms with Crippen LogP contribution in [-0.2, 0) is 10.0 Å². The predicted molar refractivity (Wildman–Crippen MR) is 85.0 cm³/mol. The van der Waals surface area contributed by atoms with Gasteiger partial charge in [-0.25, -0.2) is 0 Å². The van der Waals surface area contributed by atoms with Crippen molar-refractivity contribution in [1.29, 1.82) is 0 Å². The number of halogens is 1. The molecule has 1 aliphatic rings. The molecule has 0 bridgehead atoms. The minimum absolute atomic E-state index is 0.200. The van der Waals surface area contributed by atoms with Gasteiger partial charge in [0.15, 0.2) is 5.84 Å². The SMILES string of the molecule is O=S1(=O)N=C(NN=Cc2ccc(Br)cc2)c2ccccc21. The molecular formula is C14H10BrN3O2S. The van der Waals surface area contributed by atoms with Gasteiger partial charge in [-0.3, -0.25) is 5.43 Å². The maximum absolute atomic E-state index is 11.8. The molecule has 0 amide bonds. The zero-order chi connectivity index (χ0) is 14.9. The summed E-state index contributed by atoms with van der Waals surface area (Å²) in [5.74, 6) is 0.235. The van der Waals surface area contributed by atoms with Crippen LogP contribution in [0.2, 0.25) is 0 Å². The molecule has 106 valence electrons. The van der Waals surface area contributed by atoms with Gasteiger partial charge in [-0.1, -0.05) is 40.2 Å². The summed E-state index contributed by atoms with van der Waals surface area (Å²) in [5, 5.41) is 4.03. The number of hydrogen-bond donors (Lipinski definition) is 1. The smallest absolute Gasteiger partial charge is 0.260 e. The van der Waals surface area contributed by atoms with Crippen LogP contribution in [-0.4, -0.2) is 20.5 Å². The molecular weight excluding hydrogens is 354 g/mol. The number of rotatable bonds is 2. The van der Waals surface area contributed by atoms with Crippen molar-refractivity contribution >= 4 is 38.0 Å². The zero-order valence-corrected chi connectivity index (χ0v) is 13.1. The van der Waals surface area contributed by atoms with Gasteiger partial charge < -0.3 is 0 Å². The van der Waals surface area contributed by atoms with E-state index in [1.165, 1.54) is 6.07 Å². The molecule has 21 heavy (non-hydrogen) atoms. The summed E-state index contributed by atoms with van der Waals surface area (Å²) in [7, 11) is -3.61. The lowest BCUT2D eigenvalue weighted by molar-refractivity contribution is 0.599. The van der Waals surface area contributed by atoms with Gasteiger partial charge >= 0.3 is 0 Å². The molecule has 1 N–H and O–H groups in total. The molecule has 0 fully saturated rings. The molecule has 2 aromatic rings. The van der Waals surface area contributed by atoms with Crippen molar-refractivity contribution in [1.82, 2.24) is 5.43 Å². The van der Waals surface area contributed by atoms with E-state index < -0.39 is 10.0 Å². The Kier molecular flexibility index (Phi) is 3.60. The maximum Gasteiger partial charge on any atom is 0.285 e. The standard InChI is InChI=1S/C14H10BrN3O2S/c15-11-7-5-10(6-8-11)9-16-17-14-12-3-1-2-4-13(12)21(19,20)18-14/h1-9H,(H,17,18). The first-order valence-electron chi connectivity index (χ1n) is 6.05. The van der Waals surface area contributed by atoms with Crippen molar-refractivity contribution in [2.24, 2.45) is 9.50 Å². The van der Waals surface area contributed by atoms with Gasteiger partial charge in [-0.15, -0.1) is 4.40 Å². The van der Waals surface area contributed by atoms with E-state index in [1.807, 2.05) is 24.3 Å². The highest BCUT2D eigenvalue weighted by Crippen LogP contribution is 2.24. The lowest BCUT2D eigenvalue weighted by Crippen LogP contribution is -2.17.